The summed E-state index contributed by atoms with van der Waals surface area (Å²) in [6.07, 6.45) is 2.27. The van der Waals surface area contributed by atoms with Crippen LogP contribution < -0.4 is 20.7 Å². The lowest BCUT2D eigenvalue weighted by Crippen LogP contribution is -2.34. The number of aromatic nitrogens is 1. The van der Waals surface area contributed by atoms with Crippen LogP contribution in [0.5, 0.6) is 5.75 Å². The van der Waals surface area contributed by atoms with Crippen molar-refractivity contribution in [2.24, 2.45) is 0 Å². The Hall–Kier alpha value is -3.51. The molecule has 2 aromatic carbocycles. The summed E-state index contributed by atoms with van der Waals surface area (Å²) in [7, 11) is 0. The van der Waals surface area contributed by atoms with Crippen LogP contribution in [0.3, 0.4) is 0 Å². The quantitative estimate of drug-likeness (QED) is 0.214. The summed E-state index contributed by atoms with van der Waals surface area (Å²) in [5.74, 6) is -0.759. The summed E-state index contributed by atoms with van der Waals surface area (Å²) >= 11 is 10.6. The first-order valence-electron chi connectivity index (χ1n) is 11.9. The van der Waals surface area contributed by atoms with Crippen LogP contribution in [-0.4, -0.2) is 52.5 Å². The van der Waals surface area contributed by atoms with Crippen molar-refractivity contribution in [1.29, 1.82) is 0 Å². The standard InChI is InChI=1S/C27H28Cl2N4O6S/c1-27(2,3)39-26(36)30-11-12-38-22-14-18(40(4)37)7-8-19(22)24(34)32-21-9-5-16(28)13-20(21)25(35)33-23-10-6-17(29)15-31-23/h5-10,13-15H,11-12H2,1-4H3,(H,30,36)(H,32,34)(H,31,33,35). The molecule has 40 heavy (non-hydrogen) atoms. The van der Waals surface area contributed by atoms with E-state index in [-0.39, 0.29) is 46.6 Å². The zero-order chi connectivity index (χ0) is 29.4. The number of pyridine rings is 1. The number of nitrogens with zero attached hydrogens (tertiary/aromatic N) is 1. The summed E-state index contributed by atoms with van der Waals surface area (Å²) in [5, 5.41) is 8.60. The van der Waals surface area contributed by atoms with Crippen molar-refractivity contribution in [3.8, 4) is 5.75 Å². The molecular weight excluding hydrogens is 579 g/mol. The lowest BCUT2D eigenvalue weighted by molar-refractivity contribution is 0.0519. The van der Waals surface area contributed by atoms with Gasteiger partial charge in [-0.25, -0.2) is 9.78 Å². The number of halogens is 2. The molecule has 212 valence electrons. The maximum atomic E-state index is 13.3. The largest absolute Gasteiger partial charge is 0.612 e. The molecule has 0 bridgehead atoms. The Morgan fingerprint density at radius 1 is 0.950 bits per heavy atom. The van der Waals surface area contributed by atoms with Crippen molar-refractivity contribution < 1.29 is 28.4 Å². The minimum atomic E-state index is -1.34. The average molecular weight is 608 g/mol. The molecule has 0 saturated carbocycles. The molecule has 0 spiro atoms. The number of alkyl carbamates (subject to hydrolysis) is 1. The third kappa shape index (κ3) is 9.30. The average Bonchev–Trinajstić information content (AvgIpc) is 2.87. The third-order valence-electron chi connectivity index (χ3n) is 5.00. The van der Waals surface area contributed by atoms with Crippen LogP contribution in [0.1, 0.15) is 41.5 Å². The van der Waals surface area contributed by atoms with Gasteiger partial charge in [0.2, 0.25) is 0 Å². The van der Waals surface area contributed by atoms with Gasteiger partial charge in [0.15, 0.2) is 4.90 Å². The molecule has 1 unspecified atom stereocenters. The summed E-state index contributed by atoms with van der Waals surface area (Å²) in [6, 6.07) is 12.0. The fourth-order valence-corrected chi connectivity index (χ4v) is 4.07. The number of carbonyl (C=O) groups is 3. The van der Waals surface area contributed by atoms with Crippen LogP contribution in [0.25, 0.3) is 0 Å². The molecule has 3 rings (SSSR count). The highest BCUT2D eigenvalue weighted by Gasteiger charge is 2.21. The summed E-state index contributed by atoms with van der Waals surface area (Å²) in [4.78, 5) is 42.7. The molecule has 3 aromatic rings. The van der Waals surface area contributed by atoms with Crippen molar-refractivity contribution in [1.82, 2.24) is 10.3 Å². The van der Waals surface area contributed by atoms with Gasteiger partial charge < -0.3 is 30.0 Å². The molecule has 0 aliphatic heterocycles. The van der Waals surface area contributed by atoms with E-state index in [4.69, 9.17) is 32.7 Å². The first-order valence-corrected chi connectivity index (χ1v) is 14.2. The van der Waals surface area contributed by atoms with Crippen LogP contribution >= 0.6 is 23.2 Å². The second-order valence-corrected chi connectivity index (χ2v) is 11.6. The number of hydrogen-bond acceptors (Lipinski definition) is 7. The van der Waals surface area contributed by atoms with E-state index in [1.807, 2.05) is 0 Å². The van der Waals surface area contributed by atoms with E-state index in [1.54, 1.807) is 32.9 Å². The molecule has 3 N–H and O–H groups in total. The van der Waals surface area contributed by atoms with E-state index in [2.05, 4.69) is 20.9 Å². The van der Waals surface area contributed by atoms with Crippen molar-refractivity contribution in [3.63, 3.8) is 0 Å². The van der Waals surface area contributed by atoms with Crippen molar-refractivity contribution in [2.75, 3.05) is 30.0 Å². The smallest absolute Gasteiger partial charge is 0.407 e. The van der Waals surface area contributed by atoms with Gasteiger partial charge in [-0.15, -0.1) is 0 Å². The van der Waals surface area contributed by atoms with Gasteiger partial charge in [0.25, 0.3) is 11.8 Å². The molecule has 0 aliphatic carbocycles. The van der Waals surface area contributed by atoms with Gasteiger partial charge in [0, 0.05) is 17.3 Å². The lowest BCUT2D eigenvalue weighted by atomic mass is 10.1. The zero-order valence-electron chi connectivity index (χ0n) is 22.2. The van der Waals surface area contributed by atoms with Gasteiger partial charge in [0.05, 0.1) is 28.4 Å². The van der Waals surface area contributed by atoms with E-state index in [0.29, 0.717) is 9.92 Å². The molecular formula is C27H28Cl2N4O6S. The Bertz CT molecular complexity index is 1380. The van der Waals surface area contributed by atoms with E-state index in [0.717, 1.165) is 0 Å². The highest BCUT2D eigenvalue weighted by atomic mass is 35.5. The Morgan fingerprint density at radius 2 is 1.65 bits per heavy atom. The maximum Gasteiger partial charge on any atom is 0.407 e. The minimum Gasteiger partial charge on any atom is -0.612 e. The first-order chi connectivity index (χ1) is 18.8. The third-order valence-corrected chi connectivity index (χ3v) is 6.38. The van der Waals surface area contributed by atoms with Gasteiger partial charge in [-0.3, -0.25) is 9.59 Å². The number of rotatable bonds is 9. The molecule has 0 radical (unpaired) electrons. The number of ether oxygens (including phenoxy) is 2. The molecule has 0 aliphatic rings. The van der Waals surface area contributed by atoms with Gasteiger partial charge in [-0.2, -0.15) is 0 Å². The molecule has 1 aromatic heterocycles. The van der Waals surface area contributed by atoms with Gasteiger partial charge >= 0.3 is 6.09 Å². The van der Waals surface area contributed by atoms with E-state index in [1.165, 1.54) is 48.9 Å². The van der Waals surface area contributed by atoms with Crippen LogP contribution in [0.4, 0.5) is 16.3 Å². The summed E-state index contributed by atoms with van der Waals surface area (Å²) in [5.41, 5.74) is -0.264. The predicted molar refractivity (Wildman–Crippen MR) is 155 cm³/mol. The monoisotopic (exact) mass is 606 g/mol. The number of hydrogen-bond donors (Lipinski definition) is 3. The number of carbonyl (C=O) groups excluding carboxylic acids is 3. The Labute approximate surface area is 244 Å². The number of anilines is 2. The van der Waals surface area contributed by atoms with E-state index in [9.17, 15) is 18.9 Å². The Morgan fingerprint density at radius 3 is 2.30 bits per heavy atom. The minimum absolute atomic E-state index is 0.00200. The molecule has 1 atom stereocenters. The highest BCUT2D eigenvalue weighted by molar-refractivity contribution is 7.90. The summed E-state index contributed by atoms with van der Waals surface area (Å²) < 4.78 is 23.0. The van der Waals surface area contributed by atoms with Crippen molar-refractivity contribution in [2.45, 2.75) is 31.3 Å². The number of nitrogens with one attached hydrogen (secondary N) is 3. The molecule has 13 heteroatoms. The van der Waals surface area contributed by atoms with Crippen LogP contribution in [0.2, 0.25) is 10.0 Å². The van der Waals surface area contributed by atoms with Gasteiger partial charge in [-0.05, 0) is 74.4 Å². The first kappa shape index (κ1) is 31.0. The predicted octanol–water partition coefficient (Wildman–Crippen LogP) is 5.53. The second-order valence-electron chi connectivity index (χ2n) is 9.35. The second kappa shape index (κ2) is 13.7. The Kier molecular flexibility index (Phi) is 10.6. The van der Waals surface area contributed by atoms with Crippen molar-refractivity contribution in [3.05, 3.63) is 75.9 Å². The lowest BCUT2D eigenvalue weighted by Gasteiger charge is -2.20. The van der Waals surface area contributed by atoms with E-state index < -0.39 is 34.7 Å². The number of amides is 3. The van der Waals surface area contributed by atoms with E-state index >= 15 is 0 Å². The van der Waals surface area contributed by atoms with Gasteiger partial charge in [-0.1, -0.05) is 23.2 Å². The van der Waals surface area contributed by atoms with Crippen LogP contribution in [-0.2, 0) is 15.9 Å². The molecule has 10 nitrogen and oxygen atoms in total. The fourth-order valence-electron chi connectivity index (χ4n) is 3.25. The maximum absolute atomic E-state index is 13.3. The van der Waals surface area contributed by atoms with Gasteiger partial charge in [0.1, 0.15) is 30.0 Å². The topological polar surface area (TPSA) is 142 Å². The molecule has 1 heterocycles. The van der Waals surface area contributed by atoms with Crippen LogP contribution in [0.15, 0.2) is 59.6 Å². The Balaban J connectivity index is 1.78. The van der Waals surface area contributed by atoms with Crippen LogP contribution in [0, 0.1) is 0 Å². The SMILES string of the molecule is C[S+]([O-])c1ccc(C(=O)Nc2ccc(Cl)cc2C(=O)Nc2ccc(Cl)cn2)c(OCCNC(=O)OC(C)(C)C)c1. The molecule has 0 fully saturated rings. The highest BCUT2D eigenvalue weighted by Crippen LogP contribution is 2.27. The molecule has 3 amide bonds. The van der Waals surface area contributed by atoms with Crippen molar-refractivity contribution >= 4 is 63.8 Å². The summed E-state index contributed by atoms with van der Waals surface area (Å²) in [6.45, 7) is 5.33. The normalized spacial score (nSPS) is 11.8. The zero-order valence-corrected chi connectivity index (χ0v) is 24.5. The fraction of sp³-hybridized carbons (Fsp3) is 0.259. The molecule has 0 saturated heterocycles. The number of benzene rings is 2.